The van der Waals surface area contributed by atoms with Crippen LogP contribution in [0.15, 0.2) is 48.5 Å². The van der Waals surface area contributed by atoms with Gasteiger partial charge >= 0.3 is 0 Å². The minimum atomic E-state index is -0.0918. The molecule has 0 atom stereocenters. The summed E-state index contributed by atoms with van der Waals surface area (Å²) in [5.41, 5.74) is 3.49. The van der Waals surface area contributed by atoms with Crippen molar-refractivity contribution < 1.29 is 4.79 Å². The molecule has 0 unspecified atom stereocenters. The van der Waals surface area contributed by atoms with Gasteiger partial charge in [-0.05, 0) is 30.2 Å². The van der Waals surface area contributed by atoms with Gasteiger partial charge in [-0.3, -0.25) is 4.79 Å². The van der Waals surface area contributed by atoms with Crippen molar-refractivity contribution in [2.45, 2.75) is 13.3 Å². The largest absolute Gasteiger partial charge is 0.387 e. The molecule has 19 heavy (non-hydrogen) atoms. The van der Waals surface area contributed by atoms with E-state index < -0.39 is 0 Å². The van der Waals surface area contributed by atoms with E-state index in [4.69, 9.17) is 0 Å². The van der Waals surface area contributed by atoms with Crippen LogP contribution < -0.4 is 10.6 Å². The number of rotatable bonds is 4. The fourth-order valence-corrected chi connectivity index (χ4v) is 2.04. The molecular weight excluding hydrogens is 236 g/mol. The van der Waals surface area contributed by atoms with E-state index in [0.29, 0.717) is 5.56 Å². The van der Waals surface area contributed by atoms with E-state index in [1.807, 2.05) is 55.6 Å². The maximum absolute atomic E-state index is 12.3. The van der Waals surface area contributed by atoms with Crippen molar-refractivity contribution in [3.05, 3.63) is 59.7 Å². The summed E-state index contributed by atoms with van der Waals surface area (Å²) in [5.74, 6) is -0.0918. The van der Waals surface area contributed by atoms with E-state index in [2.05, 4.69) is 17.6 Å². The van der Waals surface area contributed by atoms with Crippen molar-refractivity contribution >= 4 is 17.3 Å². The van der Waals surface area contributed by atoms with E-state index >= 15 is 0 Å². The van der Waals surface area contributed by atoms with Gasteiger partial charge in [0.1, 0.15) is 0 Å². The van der Waals surface area contributed by atoms with Crippen LogP contribution in [0.5, 0.6) is 0 Å². The molecule has 98 valence electrons. The normalized spacial score (nSPS) is 10.0. The first-order valence-electron chi connectivity index (χ1n) is 6.42. The third-order valence-corrected chi connectivity index (χ3v) is 3.09. The Balaban J connectivity index is 2.26. The highest BCUT2D eigenvalue weighted by Crippen LogP contribution is 2.19. The smallest absolute Gasteiger partial charge is 0.257 e. The highest BCUT2D eigenvalue weighted by atomic mass is 16.1. The maximum Gasteiger partial charge on any atom is 0.257 e. The summed E-state index contributed by atoms with van der Waals surface area (Å²) in [7, 11) is 1.81. The van der Waals surface area contributed by atoms with Crippen LogP contribution in [0.4, 0.5) is 11.4 Å². The van der Waals surface area contributed by atoms with Gasteiger partial charge < -0.3 is 10.6 Å². The lowest BCUT2D eigenvalue weighted by Crippen LogP contribution is -2.14. The first-order valence-corrected chi connectivity index (χ1v) is 6.42. The second-order valence-corrected chi connectivity index (χ2v) is 4.26. The van der Waals surface area contributed by atoms with Crippen LogP contribution in [-0.2, 0) is 6.42 Å². The number of nitrogens with one attached hydrogen (secondary N) is 2. The average molecular weight is 254 g/mol. The van der Waals surface area contributed by atoms with Crippen LogP contribution in [0.25, 0.3) is 0 Å². The van der Waals surface area contributed by atoms with Crippen LogP contribution in [0.2, 0.25) is 0 Å². The maximum atomic E-state index is 12.3. The van der Waals surface area contributed by atoms with Gasteiger partial charge in [-0.15, -0.1) is 0 Å². The van der Waals surface area contributed by atoms with E-state index in [9.17, 15) is 4.79 Å². The van der Waals surface area contributed by atoms with E-state index in [0.717, 1.165) is 23.4 Å². The first-order chi connectivity index (χ1) is 9.26. The van der Waals surface area contributed by atoms with E-state index in [1.54, 1.807) is 0 Å². The number of aryl methyl sites for hydroxylation is 1. The number of hydrogen-bond acceptors (Lipinski definition) is 2. The molecule has 0 fully saturated rings. The SMILES string of the molecule is CCc1ccccc1NC(=O)c1ccccc1NC. The van der Waals surface area contributed by atoms with Gasteiger partial charge in [0.2, 0.25) is 0 Å². The third kappa shape index (κ3) is 2.94. The summed E-state index contributed by atoms with van der Waals surface area (Å²) >= 11 is 0. The molecule has 1 amide bonds. The molecule has 0 bridgehead atoms. The van der Waals surface area contributed by atoms with Crippen molar-refractivity contribution in [2.75, 3.05) is 17.7 Å². The molecule has 2 N–H and O–H groups in total. The molecule has 0 saturated carbocycles. The molecule has 0 aromatic heterocycles. The van der Waals surface area contributed by atoms with Gasteiger partial charge in [0, 0.05) is 18.4 Å². The molecule has 0 saturated heterocycles. The lowest BCUT2D eigenvalue weighted by Gasteiger charge is -2.12. The third-order valence-electron chi connectivity index (χ3n) is 3.09. The Morgan fingerprint density at radius 1 is 1.00 bits per heavy atom. The Hall–Kier alpha value is -2.29. The number of para-hydroxylation sites is 2. The van der Waals surface area contributed by atoms with Gasteiger partial charge in [0.25, 0.3) is 5.91 Å². The lowest BCUT2D eigenvalue weighted by molar-refractivity contribution is 0.102. The van der Waals surface area contributed by atoms with Gasteiger partial charge in [0.15, 0.2) is 0 Å². The van der Waals surface area contributed by atoms with Crippen LogP contribution in [0.1, 0.15) is 22.8 Å². The number of anilines is 2. The van der Waals surface area contributed by atoms with Crippen LogP contribution in [-0.4, -0.2) is 13.0 Å². The number of carbonyl (C=O) groups excluding carboxylic acids is 1. The highest BCUT2D eigenvalue weighted by molar-refractivity contribution is 6.08. The van der Waals surface area contributed by atoms with E-state index in [1.165, 1.54) is 0 Å². The Morgan fingerprint density at radius 3 is 2.32 bits per heavy atom. The zero-order chi connectivity index (χ0) is 13.7. The monoisotopic (exact) mass is 254 g/mol. The summed E-state index contributed by atoms with van der Waals surface area (Å²) in [6.45, 7) is 2.08. The molecule has 0 heterocycles. The summed E-state index contributed by atoms with van der Waals surface area (Å²) in [6.07, 6.45) is 0.893. The van der Waals surface area contributed by atoms with E-state index in [-0.39, 0.29) is 5.91 Å². The fourth-order valence-electron chi connectivity index (χ4n) is 2.04. The summed E-state index contributed by atoms with van der Waals surface area (Å²) in [6, 6.07) is 15.3. The van der Waals surface area contributed by atoms with Gasteiger partial charge in [0.05, 0.1) is 5.56 Å². The van der Waals surface area contributed by atoms with Crippen molar-refractivity contribution in [3.8, 4) is 0 Å². The zero-order valence-electron chi connectivity index (χ0n) is 11.2. The molecule has 0 radical (unpaired) electrons. The van der Waals surface area contributed by atoms with Gasteiger partial charge in [-0.2, -0.15) is 0 Å². The molecular formula is C16H18N2O. The van der Waals surface area contributed by atoms with Gasteiger partial charge in [-0.1, -0.05) is 37.3 Å². The van der Waals surface area contributed by atoms with Crippen molar-refractivity contribution in [3.63, 3.8) is 0 Å². The first kappa shape index (κ1) is 13.1. The molecule has 0 spiro atoms. The second kappa shape index (κ2) is 6.05. The predicted molar refractivity (Wildman–Crippen MR) is 79.8 cm³/mol. The molecule has 0 aliphatic rings. The average Bonchev–Trinajstić information content (AvgIpc) is 2.47. The second-order valence-electron chi connectivity index (χ2n) is 4.26. The lowest BCUT2D eigenvalue weighted by atomic mass is 10.1. The van der Waals surface area contributed by atoms with Crippen molar-refractivity contribution in [1.82, 2.24) is 0 Å². The van der Waals surface area contributed by atoms with Crippen LogP contribution >= 0.6 is 0 Å². The molecule has 0 aliphatic carbocycles. The highest BCUT2D eigenvalue weighted by Gasteiger charge is 2.11. The predicted octanol–water partition coefficient (Wildman–Crippen LogP) is 3.54. The minimum absolute atomic E-state index is 0.0918. The van der Waals surface area contributed by atoms with Gasteiger partial charge in [-0.25, -0.2) is 0 Å². The Labute approximate surface area is 113 Å². The summed E-state index contributed by atoms with van der Waals surface area (Å²) in [4.78, 5) is 12.3. The minimum Gasteiger partial charge on any atom is -0.387 e. The summed E-state index contributed by atoms with van der Waals surface area (Å²) in [5, 5.41) is 6.00. The number of benzene rings is 2. The van der Waals surface area contributed by atoms with Crippen molar-refractivity contribution in [2.24, 2.45) is 0 Å². The Bertz CT molecular complexity index is 578. The van der Waals surface area contributed by atoms with Crippen LogP contribution in [0, 0.1) is 0 Å². The standard InChI is InChI=1S/C16H18N2O/c1-3-12-8-4-6-10-14(12)18-16(19)13-9-5-7-11-15(13)17-2/h4-11,17H,3H2,1-2H3,(H,18,19). The Morgan fingerprint density at radius 2 is 1.63 bits per heavy atom. The molecule has 2 aromatic carbocycles. The molecule has 2 rings (SSSR count). The van der Waals surface area contributed by atoms with Crippen molar-refractivity contribution in [1.29, 1.82) is 0 Å². The summed E-state index contributed by atoms with van der Waals surface area (Å²) < 4.78 is 0. The molecule has 2 aromatic rings. The molecule has 0 aliphatic heterocycles. The molecule has 3 heteroatoms. The quantitative estimate of drug-likeness (QED) is 0.876. The number of carbonyl (C=O) groups is 1. The topological polar surface area (TPSA) is 41.1 Å². The number of hydrogen-bond donors (Lipinski definition) is 2. The Kier molecular flexibility index (Phi) is 4.18. The number of amides is 1. The zero-order valence-corrected chi connectivity index (χ0v) is 11.2. The van der Waals surface area contributed by atoms with Crippen LogP contribution in [0.3, 0.4) is 0 Å². The molecule has 3 nitrogen and oxygen atoms in total. The fraction of sp³-hybridized carbons (Fsp3) is 0.188.